The fourth-order valence-electron chi connectivity index (χ4n) is 2.00. The third-order valence-electron chi connectivity index (χ3n) is 3.20. The Morgan fingerprint density at radius 1 is 1.47 bits per heavy atom. The molecule has 0 bridgehead atoms. The van der Waals surface area contributed by atoms with Crippen molar-refractivity contribution >= 4 is 39.3 Å². The standard InChI is InChI=1S/C13H14BrClN2O2/c1-17-12(18)5-4-11(13(17)19)16-7-8-2-3-9(14)6-10(8)15/h2-3,6,11,16H,4-5,7H2,1H3. The number of carbonyl (C=O) groups excluding carboxylic acids is 2. The van der Waals surface area contributed by atoms with Crippen molar-refractivity contribution in [1.82, 2.24) is 10.2 Å². The van der Waals surface area contributed by atoms with Crippen LogP contribution in [0.2, 0.25) is 5.02 Å². The number of benzene rings is 1. The van der Waals surface area contributed by atoms with Gasteiger partial charge >= 0.3 is 0 Å². The van der Waals surface area contributed by atoms with E-state index in [1.165, 1.54) is 11.9 Å². The molecular weight excluding hydrogens is 332 g/mol. The van der Waals surface area contributed by atoms with Crippen LogP contribution in [-0.2, 0) is 16.1 Å². The summed E-state index contributed by atoms with van der Waals surface area (Å²) in [4.78, 5) is 24.4. The van der Waals surface area contributed by atoms with Gasteiger partial charge in [0.25, 0.3) is 0 Å². The molecule has 102 valence electrons. The van der Waals surface area contributed by atoms with Crippen LogP contribution in [0.3, 0.4) is 0 Å². The maximum Gasteiger partial charge on any atom is 0.246 e. The summed E-state index contributed by atoms with van der Waals surface area (Å²) in [5.41, 5.74) is 0.928. The Morgan fingerprint density at radius 2 is 2.21 bits per heavy atom. The van der Waals surface area contributed by atoms with Gasteiger partial charge in [-0.25, -0.2) is 0 Å². The van der Waals surface area contributed by atoms with Gasteiger partial charge in [-0.3, -0.25) is 14.5 Å². The van der Waals surface area contributed by atoms with Crippen molar-refractivity contribution < 1.29 is 9.59 Å². The predicted octanol–water partition coefficient (Wildman–Crippen LogP) is 2.34. The minimum Gasteiger partial charge on any atom is -0.302 e. The second-order valence-corrected chi connectivity index (χ2v) is 5.82. The van der Waals surface area contributed by atoms with Gasteiger partial charge in [0.15, 0.2) is 0 Å². The van der Waals surface area contributed by atoms with E-state index >= 15 is 0 Å². The molecule has 1 aromatic carbocycles. The van der Waals surface area contributed by atoms with Gasteiger partial charge in [0, 0.05) is 29.5 Å². The molecule has 1 saturated heterocycles. The quantitative estimate of drug-likeness (QED) is 0.856. The molecule has 2 amide bonds. The summed E-state index contributed by atoms with van der Waals surface area (Å²) in [6.07, 6.45) is 0.935. The van der Waals surface area contributed by atoms with E-state index in [0.29, 0.717) is 24.4 Å². The second-order valence-electron chi connectivity index (χ2n) is 4.50. The summed E-state index contributed by atoms with van der Waals surface area (Å²) >= 11 is 9.46. The minimum atomic E-state index is -0.317. The first kappa shape index (κ1) is 14.5. The van der Waals surface area contributed by atoms with Gasteiger partial charge in [0.05, 0.1) is 6.04 Å². The van der Waals surface area contributed by atoms with Gasteiger partial charge in [-0.1, -0.05) is 33.6 Å². The first-order valence-corrected chi connectivity index (χ1v) is 7.14. The van der Waals surface area contributed by atoms with Crippen molar-refractivity contribution in [3.63, 3.8) is 0 Å². The van der Waals surface area contributed by atoms with Gasteiger partial charge in [-0.05, 0) is 24.1 Å². The van der Waals surface area contributed by atoms with Crippen LogP contribution in [0.4, 0.5) is 0 Å². The molecule has 19 heavy (non-hydrogen) atoms. The van der Waals surface area contributed by atoms with E-state index in [-0.39, 0.29) is 17.9 Å². The fraction of sp³-hybridized carbons (Fsp3) is 0.385. The lowest BCUT2D eigenvalue weighted by molar-refractivity contribution is -0.148. The number of hydrogen-bond acceptors (Lipinski definition) is 3. The first-order chi connectivity index (χ1) is 8.99. The number of imide groups is 1. The normalized spacial score (nSPS) is 19.9. The van der Waals surface area contributed by atoms with Crippen molar-refractivity contribution in [1.29, 1.82) is 0 Å². The Bertz CT molecular complexity index is 521. The number of amides is 2. The fourth-order valence-corrected chi connectivity index (χ4v) is 2.74. The average Bonchev–Trinajstić information content (AvgIpc) is 2.37. The Balaban J connectivity index is 1.99. The largest absolute Gasteiger partial charge is 0.302 e. The van der Waals surface area contributed by atoms with Gasteiger partial charge in [0.2, 0.25) is 11.8 Å². The van der Waals surface area contributed by atoms with Crippen molar-refractivity contribution in [2.75, 3.05) is 7.05 Å². The summed E-state index contributed by atoms with van der Waals surface area (Å²) in [5.74, 6) is -0.297. The highest BCUT2D eigenvalue weighted by molar-refractivity contribution is 9.10. The zero-order valence-electron chi connectivity index (χ0n) is 10.5. The summed E-state index contributed by atoms with van der Waals surface area (Å²) < 4.78 is 0.917. The van der Waals surface area contributed by atoms with Gasteiger partial charge in [-0.2, -0.15) is 0 Å². The van der Waals surface area contributed by atoms with E-state index in [2.05, 4.69) is 21.2 Å². The molecule has 6 heteroatoms. The summed E-state index contributed by atoms with van der Waals surface area (Å²) in [5, 5.41) is 3.80. The predicted molar refractivity (Wildman–Crippen MR) is 76.8 cm³/mol. The number of halogens is 2. The molecule has 4 nitrogen and oxygen atoms in total. The van der Waals surface area contributed by atoms with Crippen molar-refractivity contribution in [3.05, 3.63) is 33.3 Å². The molecule has 1 aliphatic heterocycles. The smallest absolute Gasteiger partial charge is 0.246 e. The number of hydrogen-bond donors (Lipinski definition) is 1. The monoisotopic (exact) mass is 344 g/mol. The average molecular weight is 346 g/mol. The highest BCUT2D eigenvalue weighted by atomic mass is 79.9. The number of piperidine rings is 1. The second kappa shape index (κ2) is 6.03. The third-order valence-corrected chi connectivity index (χ3v) is 4.05. The van der Waals surface area contributed by atoms with Crippen molar-refractivity contribution in [2.24, 2.45) is 0 Å². The summed E-state index contributed by atoms with van der Waals surface area (Å²) in [6, 6.07) is 5.31. The van der Waals surface area contributed by atoms with Crippen molar-refractivity contribution in [2.45, 2.75) is 25.4 Å². The van der Waals surface area contributed by atoms with Crippen LogP contribution < -0.4 is 5.32 Å². The Morgan fingerprint density at radius 3 is 2.89 bits per heavy atom. The maximum absolute atomic E-state index is 11.9. The van der Waals surface area contributed by atoms with Gasteiger partial charge in [-0.15, -0.1) is 0 Å². The van der Waals surface area contributed by atoms with E-state index in [9.17, 15) is 9.59 Å². The summed E-state index contributed by atoms with van der Waals surface area (Å²) in [7, 11) is 1.52. The Hall–Kier alpha value is -0.910. The zero-order valence-corrected chi connectivity index (χ0v) is 12.8. The highest BCUT2D eigenvalue weighted by Gasteiger charge is 2.31. The number of likely N-dealkylation sites (tertiary alicyclic amines) is 1. The van der Waals surface area contributed by atoms with Crippen LogP contribution in [0.5, 0.6) is 0 Å². The SMILES string of the molecule is CN1C(=O)CCC(NCc2ccc(Br)cc2Cl)C1=O. The molecule has 0 radical (unpaired) electrons. The lowest BCUT2D eigenvalue weighted by Crippen LogP contribution is -2.51. The maximum atomic E-state index is 11.9. The molecule has 1 N–H and O–H groups in total. The van der Waals surface area contributed by atoms with E-state index in [4.69, 9.17) is 11.6 Å². The number of likely N-dealkylation sites (N-methyl/N-ethyl adjacent to an activating group) is 1. The Labute approximate surface area is 125 Å². The zero-order chi connectivity index (χ0) is 14.0. The van der Waals surface area contributed by atoms with Gasteiger partial charge < -0.3 is 5.32 Å². The van der Waals surface area contributed by atoms with E-state index in [0.717, 1.165) is 10.0 Å². The van der Waals surface area contributed by atoms with Crippen LogP contribution in [0.15, 0.2) is 22.7 Å². The topological polar surface area (TPSA) is 49.4 Å². The lowest BCUT2D eigenvalue weighted by atomic mass is 10.0. The van der Waals surface area contributed by atoms with E-state index in [1.54, 1.807) is 0 Å². The first-order valence-electron chi connectivity index (χ1n) is 5.96. The molecule has 0 aromatic heterocycles. The minimum absolute atomic E-state index is 0.121. The van der Waals surface area contributed by atoms with E-state index in [1.807, 2.05) is 18.2 Å². The molecule has 2 rings (SSSR count). The van der Waals surface area contributed by atoms with Gasteiger partial charge in [0.1, 0.15) is 0 Å². The molecule has 0 spiro atoms. The Kier molecular flexibility index (Phi) is 4.60. The highest BCUT2D eigenvalue weighted by Crippen LogP contribution is 2.21. The number of nitrogens with zero attached hydrogens (tertiary/aromatic N) is 1. The molecule has 1 heterocycles. The molecule has 1 atom stereocenters. The number of rotatable bonds is 3. The summed E-state index contributed by atoms with van der Waals surface area (Å²) in [6.45, 7) is 0.505. The van der Waals surface area contributed by atoms with Crippen LogP contribution in [0, 0.1) is 0 Å². The molecular formula is C13H14BrClN2O2. The van der Waals surface area contributed by atoms with Crippen molar-refractivity contribution in [3.8, 4) is 0 Å². The molecule has 1 fully saturated rings. The van der Waals surface area contributed by atoms with Crippen LogP contribution in [0.25, 0.3) is 0 Å². The molecule has 1 unspecified atom stereocenters. The molecule has 1 aliphatic rings. The van der Waals surface area contributed by atoms with Crippen LogP contribution in [0.1, 0.15) is 18.4 Å². The van der Waals surface area contributed by atoms with E-state index < -0.39 is 0 Å². The lowest BCUT2D eigenvalue weighted by Gasteiger charge is -2.28. The third kappa shape index (κ3) is 3.35. The molecule has 0 saturated carbocycles. The molecule has 0 aliphatic carbocycles. The van der Waals surface area contributed by atoms with Crippen LogP contribution in [-0.4, -0.2) is 29.8 Å². The number of carbonyl (C=O) groups is 2. The number of nitrogens with one attached hydrogen (secondary N) is 1. The molecule has 1 aromatic rings. The van der Waals surface area contributed by atoms with Crippen LogP contribution >= 0.6 is 27.5 Å².